The number of benzene rings is 1. The number of hydrogen-bond donors (Lipinski definition) is 0. The number of halogens is 1. The van der Waals surface area contributed by atoms with Gasteiger partial charge in [0.2, 0.25) is 0 Å². The summed E-state index contributed by atoms with van der Waals surface area (Å²) in [5.41, 5.74) is 0.628. The van der Waals surface area contributed by atoms with Crippen LogP contribution in [0.15, 0.2) is 18.2 Å². The molecule has 3 rings (SSSR count). The molecule has 1 heterocycles. The van der Waals surface area contributed by atoms with Gasteiger partial charge < -0.3 is 4.90 Å². The fourth-order valence-corrected chi connectivity index (χ4v) is 2.35. The Bertz CT molecular complexity index is 634. The van der Waals surface area contributed by atoms with E-state index in [-0.39, 0.29) is 36.6 Å². The average molecular weight is 273 g/mol. The lowest BCUT2D eigenvalue weighted by Gasteiger charge is -2.17. The molecular weight excluding hydrogens is 261 g/mol. The number of carbonyl (C=O) groups is 2. The van der Waals surface area contributed by atoms with Crippen LogP contribution < -0.4 is 0 Å². The van der Waals surface area contributed by atoms with Gasteiger partial charge in [-0.05, 0) is 30.5 Å². The van der Waals surface area contributed by atoms with Crippen LogP contribution in [0.2, 0.25) is 0 Å². The van der Waals surface area contributed by atoms with Gasteiger partial charge in [0.1, 0.15) is 12.4 Å². The third kappa shape index (κ3) is 2.11. The van der Waals surface area contributed by atoms with Crippen molar-refractivity contribution in [1.29, 1.82) is 5.26 Å². The Morgan fingerprint density at radius 2 is 2.10 bits per heavy atom. The Hall–Kier alpha value is -2.42. The molecule has 20 heavy (non-hydrogen) atoms. The van der Waals surface area contributed by atoms with Gasteiger partial charge in [0.25, 0.3) is 5.91 Å². The Kier molecular flexibility index (Phi) is 2.90. The Balaban J connectivity index is 1.82. The Labute approximate surface area is 115 Å². The van der Waals surface area contributed by atoms with Gasteiger partial charge in [-0.15, -0.1) is 0 Å². The third-order valence-corrected chi connectivity index (χ3v) is 3.59. The first kappa shape index (κ1) is 12.6. The zero-order valence-corrected chi connectivity index (χ0v) is 10.7. The molecule has 1 aliphatic heterocycles. The highest BCUT2D eigenvalue weighted by molar-refractivity contribution is 6.02. The summed E-state index contributed by atoms with van der Waals surface area (Å²) in [6.45, 7) is 0.122. The summed E-state index contributed by atoms with van der Waals surface area (Å²) >= 11 is 0. The Morgan fingerprint density at radius 3 is 2.75 bits per heavy atom. The van der Waals surface area contributed by atoms with Gasteiger partial charge in [0, 0.05) is 6.04 Å². The molecule has 5 nitrogen and oxygen atoms in total. The first-order chi connectivity index (χ1) is 9.60. The quantitative estimate of drug-likeness (QED) is 0.786. The van der Waals surface area contributed by atoms with E-state index in [0.29, 0.717) is 5.56 Å². The molecule has 0 N–H and O–H groups in total. The van der Waals surface area contributed by atoms with E-state index < -0.39 is 5.82 Å². The van der Waals surface area contributed by atoms with Gasteiger partial charge in [-0.2, -0.15) is 5.26 Å². The van der Waals surface area contributed by atoms with Crippen molar-refractivity contribution in [2.45, 2.75) is 25.4 Å². The predicted molar refractivity (Wildman–Crippen MR) is 66.8 cm³/mol. The van der Waals surface area contributed by atoms with Crippen molar-refractivity contribution in [2.75, 3.05) is 6.54 Å². The lowest BCUT2D eigenvalue weighted by Crippen LogP contribution is -2.33. The zero-order chi connectivity index (χ0) is 14.3. The van der Waals surface area contributed by atoms with Crippen molar-refractivity contribution in [3.63, 3.8) is 0 Å². The van der Waals surface area contributed by atoms with Gasteiger partial charge >= 0.3 is 6.03 Å². The fraction of sp³-hybridized carbons (Fsp3) is 0.357. The molecule has 1 aliphatic carbocycles. The number of amides is 3. The molecule has 3 amide bonds. The van der Waals surface area contributed by atoms with Crippen LogP contribution in [0.1, 0.15) is 24.0 Å². The molecule has 1 aromatic rings. The van der Waals surface area contributed by atoms with E-state index in [0.717, 1.165) is 23.8 Å². The summed E-state index contributed by atoms with van der Waals surface area (Å²) in [6, 6.07) is 5.52. The topological polar surface area (TPSA) is 64.4 Å². The van der Waals surface area contributed by atoms with Crippen molar-refractivity contribution in [1.82, 2.24) is 9.80 Å². The van der Waals surface area contributed by atoms with Crippen LogP contribution in [0.5, 0.6) is 0 Å². The largest absolute Gasteiger partial charge is 0.327 e. The maximum atomic E-state index is 13.1. The first-order valence-corrected chi connectivity index (χ1v) is 6.39. The fourth-order valence-electron chi connectivity index (χ4n) is 2.35. The molecule has 6 heteroatoms. The number of hydrogen-bond acceptors (Lipinski definition) is 3. The van der Waals surface area contributed by atoms with Gasteiger partial charge in [-0.25, -0.2) is 9.18 Å². The second kappa shape index (κ2) is 4.60. The molecule has 1 aromatic carbocycles. The number of carbonyl (C=O) groups excluding carboxylic acids is 2. The summed E-state index contributed by atoms with van der Waals surface area (Å²) in [4.78, 5) is 26.7. The summed E-state index contributed by atoms with van der Waals surface area (Å²) < 4.78 is 13.1. The molecule has 0 radical (unpaired) electrons. The van der Waals surface area contributed by atoms with E-state index in [1.807, 2.05) is 6.07 Å². The van der Waals surface area contributed by atoms with Crippen molar-refractivity contribution in [3.05, 3.63) is 35.1 Å². The number of rotatable bonds is 3. The zero-order valence-electron chi connectivity index (χ0n) is 10.7. The predicted octanol–water partition coefficient (Wildman–Crippen LogP) is 1.62. The smallest absolute Gasteiger partial charge is 0.312 e. The lowest BCUT2D eigenvalue weighted by molar-refractivity contribution is -0.125. The molecule has 2 fully saturated rings. The number of urea groups is 1. The summed E-state index contributed by atoms with van der Waals surface area (Å²) in [5, 5.41) is 8.98. The van der Waals surface area contributed by atoms with Crippen molar-refractivity contribution < 1.29 is 14.0 Å². The minimum atomic E-state index is -0.510. The third-order valence-electron chi connectivity index (χ3n) is 3.59. The van der Waals surface area contributed by atoms with E-state index in [1.165, 1.54) is 12.1 Å². The average Bonchev–Trinajstić information content (AvgIpc) is 3.22. The maximum Gasteiger partial charge on any atom is 0.327 e. The molecule has 0 unspecified atom stereocenters. The monoisotopic (exact) mass is 273 g/mol. The van der Waals surface area contributed by atoms with Crippen LogP contribution in [0.25, 0.3) is 0 Å². The molecule has 0 spiro atoms. The molecular formula is C14H12FN3O2. The number of nitrogens with zero attached hydrogens (tertiary/aromatic N) is 3. The molecule has 0 aromatic heterocycles. The number of nitriles is 1. The summed E-state index contributed by atoms with van der Waals surface area (Å²) in [6.07, 6.45) is 1.87. The van der Waals surface area contributed by atoms with Crippen molar-refractivity contribution in [3.8, 4) is 6.07 Å². The van der Waals surface area contributed by atoms with Crippen LogP contribution in [-0.2, 0) is 11.3 Å². The van der Waals surface area contributed by atoms with E-state index in [9.17, 15) is 14.0 Å². The summed E-state index contributed by atoms with van der Waals surface area (Å²) in [7, 11) is 0. The molecule has 2 aliphatic rings. The second-order valence-corrected chi connectivity index (χ2v) is 5.03. The second-order valence-electron chi connectivity index (χ2n) is 5.03. The van der Waals surface area contributed by atoms with Crippen molar-refractivity contribution in [2.24, 2.45) is 0 Å². The molecule has 1 saturated heterocycles. The molecule has 102 valence electrons. The molecule has 1 saturated carbocycles. The van der Waals surface area contributed by atoms with Crippen molar-refractivity contribution >= 4 is 11.9 Å². The first-order valence-electron chi connectivity index (χ1n) is 6.39. The lowest BCUT2D eigenvalue weighted by atomic mass is 10.1. The highest BCUT2D eigenvalue weighted by Crippen LogP contribution is 2.31. The van der Waals surface area contributed by atoms with E-state index >= 15 is 0 Å². The van der Waals surface area contributed by atoms with Gasteiger partial charge in [-0.1, -0.05) is 6.07 Å². The van der Waals surface area contributed by atoms with Gasteiger partial charge in [0.05, 0.1) is 18.2 Å². The number of imide groups is 1. The van der Waals surface area contributed by atoms with Crippen LogP contribution in [0, 0.1) is 17.1 Å². The maximum absolute atomic E-state index is 13.1. The highest BCUT2D eigenvalue weighted by atomic mass is 19.1. The van der Waals surface area contributed by atoms with Crippen LogP contribution in [0.4, 0.5) is 9.18 Å². The standard InChI is InChI=1S/C14H12FN3O2/c15-11-2-1-9(10(5-11)6-16)7-18-13(19)8-17(14(18)20)12-3-4-12/h1-2,5,12H,3-4,7-8H2. The van der Waals surface area contributed by atoms with E-state index in [4.69, 9.17) is 5.26 Å². The van der Waals surface area contributed by atoms with Crippen LogP contribution in [-0.4, -0.2) is 34.3 Å². The Morgan fingerprint density at radius 1 is 1.35 bits per heavy atom. The molecule has 0 atom stereocenters. The van der Waals surface area contributed by atoms with E-state index in [1.54, 1.807) is 4.90 Å². The highest BCUT2D eigenvalue weighted by Gasteiger charge is 2.43. The van der Waals surface area contributed by atoms with Crippen LogP contribution >= 0.6 is 0 Å². The minimum Gasteiger partial charge on any atom is -0.312 e. The normalized spacial score (nSPS) is 18.6. The van der Waals surface area contributed by atoms with Gasteiger partial charge in [-0.3, -0.25) is 9.69 Å². The van der Waals surface area contributed by atoms with E-state index in [2.05, 4.69) is 0 Å². The molecule has 0 bridgehead atoms. The van der Waals surface area contributed by atoms with Crippen LogP contribution in [0.3, 0.4) is 0 Å². The van der Waals surface area contributed by atoms with Gasteiger partial charge in [0.15, 0.2) is 0 Å². The SMILES string of the molecule is N#Cc1cc(F)ccc1CN1C(=O)CN(C2CC2)C1=O. The summed E-state index contributed by atoms with van der Waals surface area (Å²) in [5.74, 6) is -0.779. The minimum absolute atomic E-state index is 0.0179.